The average Bonchev–Trinajstić information content (AvgIpc) is 2.90. The molecule has 2 aliphatic rings. The Labute approximate surface area is 170 Å². The summed E-state index contributed by atoms with van der Waals surface area (Å²) in [6, 6.07) is 7.74. The third-order valence-corrected chi connectivity index (χ3v) is 7.09. The van der Waals surface area contributed by atoms with Gasteiger partial charge < -0.3 is 4.74 Å². The topological polar surface area (TPSA) is 21.6 Å². The summed E-state index contributed by atoms with van der Waals surface area (Å²) in [5.41, 5.74) is 3.65. The molecular weight excluding hydrogens is 445 g/mol. The fourth-order valence-electron chi connectivity index (χ4n) is 4.09. The van der Waals surface area contributed by atoms with E-state index in [-0.39, 0.29) is 5.60 Å². The normalized spacial score (nSPS) is 25.8. The van der Waals surface area contributed by atoms with Gasteiger partial charge in [-0.25, -0.2) is 4.99 Å². The quantitative estimate of drug-likeness (QED) is 0.312. The molecule has 3 rings (SSSR count). The highest BCUT2D eigenvalue weighted by molar-refractivity contribution is 14.1. The minimum Gasteiger partial charge on any atom is -0.465 e. The highest BCUT2D eigenvalue weighted by Gasteiger charge is 2.50. The molecular formula is C21H27ClINO. The summed E-state index contributed by atoms with van der Waals surface area (Å²) in [7, 11) is 0. The monoisotopic (exact) mass is 471 g/mol. The van der Waals surface area contributed by atoms with Crippen molar-refractivity contribution in [2.45, 2.75) is 74.7 Å². The van der Waals surface area contributed by atoms with Crippen molar-refractivity contribution in [2.75, 3.05) is 0 Å². The van der Waals surface area contributed by atoms with E-state index in [2.05, 4.69) is 36.4 Å². The molecule has 0 spiro atoms. The summed E-state index contributed by atoms with van der Waals surface area (Å²) in [5, 5.41) is 0.717. The number of alkyl halides is 1. The van der Waals surface area contributed by atoms with Gasteiger partial charge >= 0.3 is 0 Å². The van der Waals surface area contributed by atoms with Crippen LogP contribution in [0.25, 0.3) is 0 Å². The first-order chi connectivity index (χ1) is 12.1. The highest BCUT2D eigenvalue weighted by atomic mass is 127. The lowest BCUT2D eigenvalue weighted by Gasteiger charge is -2.39. The molecule has 0 radical (unpaired) electrons. The lowest BCUT2D eigenvalue weighted by Crippen LogP contribution is -2.43. The predicted molar refractivity (Wildman–Crippen MR) is 115 cm³/mol. The van der Waals surface area contributed by atoms with Crippen molar-refractivity contribution in [1.82, 2.24) is 0 Å². The van der Waals surface area contributed by atoms with Crippen molar-refractivity contribution < 1.29 is 4.74 Å². The second-order valence-electron chi connectivity index (χ2n) is 7.06. The van der Waals surface area contributed by atoms with Crippen LogP contribution in [-0.2, 0) is 4.74 Å². The molecule has 2 unspecified atom stereocenters. The number of nitrogens with zero attached hydrogens (tertiary/aromatic N) is 1. The molecule has 1 saturated carbocycles. The van der Waals surface area contributed by atoms with E-state index < -0.39 is 0 Å². The lowest BCUT2D eigenvalue weighted by molar-refractivity contribution is 0.0794. The fraction of sp³-hybridized carbons (Fsp3) is 0.571. The van der Waals surface area contributed by atoms with E-state index >= 15 is 0 Å². The second kappa shape index (κ2) is 8.43. The van der Waals surface area contributed by atoms with E-state index in [1.54, 1.807) is 0 Å². The Morgan fingerprint density at radius 3 is 2.84 bits per heavy atom. The number of fused-ring (bicyclic) bond motifs is 1. The van der Waals surface area contributed by atoms with E-state index in [9.17, 15) is 0 Å². The van der Waals surface area contributed by atoms with Gasteiger partial charge in [0.25, 0.3) is 0 Å². The number of ether oxygens (including phenoxy) is 1. The van der Waals surface area contributed by atoms with Crippen LogP contribution in [0.5, 0.6) is 0 Å². The van der Waals surface area contributed by atoms with Crippen LogP contribution >= 0.6 is 34.2 Å². The number of hydrogen-bond acceptors (Lipinski definition) is 2. The molecule has 1 aromatic rings. The zero-order chi connectivity index (χ0) is 17.9. The first-order valence-electron chi connectivity index (χ1n) is 9.51. The maximum atomic E-state index is 6.70. The Hall–Kier alpha value is -0.550. The maximum Gasteiger partial charge on any atom is 0.218 e. The minimum atomic E-state index is -0.128. The summed E-state index contributed by atoms with van der Waals surface area (Å²) < 4.78 is 7.21. The average molecular weight is 472 g/mol. The first kappa shape index (κ1) is 19.2. The molecule has 0 aromatic heterocycles. The van der Waals surface area contributed by atoms with Gasteiger partial charge in [-0.2, -0.15) is 0 Å². The third kappa shape index (κ3) is 3.92. The van der Waals surface area contributed by atoms with Gasteiger partial charge in [-0.15, -0.1) is 0 Å². The Morgan fingerprint density at radius 2 is 2.12 bits per heavy atom. The Kier molecular flexibility index (Phi) is 6.48. The first-order valence-corrected chi connectivity index (χ1v) is 11.1. The highest BCUT2D eigenvalue weighted by Crippen LogP contribution is 2.50. The molecule has 2 atom stereocenters. The predicted octanol–water partition coefficient (Wildman–Crippen LogP) is 7.41. The summed E-state index contributed by atoms with van der Waals surface area (Å²) >= 11 is 8.76. The van der Waals surface area contributed by atoms with Gasteiger partial charge in [0, 0.05) is 10.6 Å². The van der Waals surface area contributed by atoms with Crippen molar-refractivity contribution in [3.05, 3.63) is 40.4 Å². The van der Waals surface area contributed by atoms with Gasteiger partial charge in [0.1, 0.15) is 5.60 Å². The molecule has 25 heavy (non-hydrogen) atoms. The number of rotatable bonds is 6. The summed E-state index contributed by atoms with van der Waals surface area (Å²) in [4.78, 5) is 4.88. The van der Waals surface area contributed by atoms with Crippen LogP contribution in [0, 0.1) is 0 Å². The lowest BCUT2D eigenvalue weighted by atomic mass is 9.76. The molecule has 0 amide bonds. The number of benzene rings is 1. The molecule has 1 aliphatic carbocycles. The van der Waals surface area contributed by atoms with Gasteiger partial charge in [0.2, 0.25) is 5.90 Å². The molecule has 0 bridgehead atoms. The Balaban J connectivity index is 2.04. The van der Waals surface area contributed by atoms with Gasteiger partial charge in [-0.3, -0.25) is 0 Å². The van der Waals surface area contributed by atoms with Crippen LogP contribution < -0.4 is 0 Å². The fourth-order valence-corrected chi connectivity index (χ4v) is 5.71. The molecule has 1 aliphatic heterocycles. The number of halogens is 2. The van der Waals surface area contributed by atoms with E-state index in [0.29, 0.717) is 3.92 Å². The van der Waals surface area contributed by atoms with Crippen LogP contribution in [0.1, 0.15) is 65.2 Å². The second-order valence-corrected chi connectivity index (χ2v) is 9.00. The Bertz CT molecular complexity index is 684. The molecule has 1 heterocycles. The van der Waals surface area contributed by atoms with Gasteiger partial charge in [0.05, 0.1) is 9.61 Å². The van der Waals surface area contributed by atoms with Crippen molar-refractivity contribution in [3.63, 3.8) is 0 Å². The van der Waals surface area contributed by atoms with Crippen molar-refractivity contribution in [1.29, 1.82) is 0 Å². The van der Waals surface area contributed by atoms with Crippen LogP contribution in [0.2, 0.25) is 5.02 Å². The molecule has 1 fully saturated rings. The SMILES string of the molecule is CCCC1=C2CCCCC2(C(I)CCC)OC1=Nc1cccc(Cl)c1. The molecule has 0 saturated heterocycles. The van der Waals surface area contributed by atoms with Gasteiger partial charge in [-0.1, -0.05) is 66.9 Å². The summed E-state index contributed by atoms with van der Waals surface area (Å²) in [6.07, 6.45) is 9.34. The minimum absolute atomic E-state index is 0.128. The third-order valence-electron chi connectivity index (χ3n) is 5.22. The summed E-state index contributed by atoms with van der Waals surface area (Å²) in [6.45, 7) is 4.50. The molecule has 1 aromatic carbocycles. The van der Waals surface area contributed by atoms with Crippen LogP contribution in [0.4, 0.5) is 5.69 Å². The van der Waals surface area contributed by atoms with E-state index in [1.165, 1.54) is 36.8 Å². The van der Waals surface area contributed by atoms with E-state index in [4.69, 9.17) is 21.3 Å². The summed E-state index contributed by atoms with van der Waals surface area (Å²) in [5.74, 6) is 0.846. The molecule has 2 nitrogen and oxygen atoms in total. The largest absolute Gasteiger partial charge is 0.465 e. The number of aliphatic imine (C=N–C) groups is 1. The standard InChI is InChI=1S/C21H27ClINO/c1-3-8-17-18-12-5-6-13-21(18,19(23)9-4-2)25-20(17)24-16-11-7-10-15(22)14-16/h7,10-11,14,19H,3-6,8-9,12-13H2,1-2H3. The van der Waals surface area contributed by atoms with Crippen LogP contribution in [0.3, 0.4) is 0 Å². The molecule has 4 heteroatoms. The zero-order valence-electron chi connectivity index (χ0n) is 15.2. The van der Waals surface area contributed by atoms with Gasteiger partial charge in [0.15, 0.2) is 0 Å². The van der Waals surface area contributed by atoms with Gasteiger partial charge in [-0.05, 0) is 62.3 Å². The molecule has 0 N–H and O–H groups in total. The maximum absolute atomic E-state index is 6.70. The Morgan fingerprint density at radius 1 is 1.28 bits per heavy atom. The zero-order valence-corrected chi connectivity index (χ0v) is 18.1. The van der Waals surface area contributed by atoms with Crippen LogP contribution in [0.15, 0.2) is 40.4 Å². The smallest absolute Gasteiger partial charge is 0.218 e. The van der Waals surface area contributed by atoms with Crippen molar-refractivity contribution >= 4 is 45.8 Å². The molecule has 136 valence electrons. The van der Waals surface area contributed by atoms with Crippen LogP contribution in [-0.4, -0.2) is 15.4 Å². The van der Waals surface area contributed by atoms with E-state index in [0.717, 1.165) is 42.3 Å². The number of hydrogen-bond donors (Lipinski definition) is 0. The van der Waals surface area contributed by atoms with E-state index in [1.807, 2.05) is 24.3 Å². The van der Waals surface area contributed by atoms with Crippen molar-refractivity contribution in [3.8, 4) is 0 Å². The van der Waals surface area contributed by atoms with Crippen molar-refractivity contribution in [2.24, 2.45) is 4.99 Å².